The number of nitrogens with one attached hydrogen (secondary N) is 1. The second kappa shape index (κ2) is 10.4. The van der Waals surface area contributed by atoms with Crippen LogP contribution >= 0.6 is 0 Å². The molecule has 1 heterocycles. The Bertz CT molecular complexity index is 889. The van der Waals surface area contributed by atoms with Gasteiger partial charge in [-0.3, -0.25) is 4.79 Å². The predicted molar refractivity (Wildman–Crippen MR) is 133 cm³/mol. The Hall–Kier alpha value is -2.55. The third-order valence-electron chi connectivity index (χ3n) is 7.68. The maximum Gasteiger partial charge on any atom is 0.230 e. The van der Waals surface area contributed by atoms with Gasteiger partial charge in [0.15, 0.2) is 0 Å². The van der Waals surface area contributed by atoms with Gasteiger partial charge < -0.3 is 10.2 Å². The smallest absolute Gasteiger partial charge is 0.230 e. The van der Waals surface area contributed by atoms with Crippen molar-refractivity contribution in [3.05, 3.63) is 83.6 Å². The van der Waals surface area contributed by atoms with E-state index < -0.39 is 5.41 Å². The molecule has 0 radical (unpaired) electrons. The first-order valence-electron chi connectivity index (χ1n) is 12.4. The van der Waals surface area contributed by atoms with E-state index in [0.717, 1.165) is 37.9 Å². The van der Waals surface area contributed by atoms with E-state index in [2.05, 4.69) is 72.3 Å². The Kier molecular flexibility index (Phi) is 7.34. The number of aryl methyl sites for hydroxylation is 1. The summed E-state index contributed by atoms with van der Waals surface area (Å²) in [6, 6.07) is 19.0. The number of hydrogen-bond donors (Lipinski definition) is 1. The molecule has 1 aliphatic heterocycles. The van der Waals surface area contributed by atoms with Gasteiger partial charge in [0, 0.05) is 25.3 Å². The third kappa shape index (κ3) is 5.09. The van der Waals surface area contributed by atoms with E-state index in [-0.39, 0.29) is 5.91 Å². The minimum Gasteiger partial charge on any atom is -0.375 e. The van der Waals surface area contributed by atoms with E-state index in [0.29, 0.717) is 12.5 Å². The van der Waals surface area contributed by atoms with Crippen LogP contribution in [0.15, 0.2) is 66.9 Å². The van der Waals surface area contributed by atoms with Crippen LogP contribution in [0.2, 0.25) is 0 Å². The Morgan fingerprint density at radius 2 is 1.66 bits per heavy atom. The van der Waals surface area contributed by atoms with Crippen molar-refractivity contribution in [2.75, 3.05) is 19.6 Å². The van der Waals surface area contributed by atoms with Gasteiger partial charge in [-0.25, -0.2) is 0 Å². The van der Waals surface area contributed by atoms with Crippen molar-refractivity contribution in [3.63, 3.8) is 0 Å². The first kappa shape index (κ1) is 22.6. The van der Waals surface area contributed by atoms with E-state index in [9.17, 15) is 4.79 Å². The van der Waals surface area contributed by atoms with Gasteiger partial charge in [-0.1, -0.05) is 86.0 Å². The highest BCUT2D eigenvalue weighted by Crippen LogP contribution is 2.39. The van der Waals surface area contributed by atoms with Gasteiger partial charge in [0.2, 0.25) is 5.91 Å². The number of amides is 1. The van der Waals surface area contributed by atoms with Crippen molar-refractivity contribution in [2.45, 2.75) is 63.7 Å². The van der Waals surface area contributed by atoms with Gasteiger partial charge in [0.25, 0.3) is 0 Å². The van der Waals surface area contributed by atoms with Gasteiger partial charge in [-0.05, 0) is 56.1 Å². The molecule has 4 rings (SSSR count). The molecule has 1 saturated carbocycles. The van der Waals surface area contributed by atoms with Crippen LogP contribution in [0.4, 0.5) is 0 Å². The molecular formula is C29H38N2O. The topological polar surface area (TPSA) is 32.3 Å². The summed E-state index contributed by atoms with van der Waals surface area (Å²) in [6.45, 7) is 9.08. The maximum atomic E-state index is 13.6. The summed E-state index contributed by atoms with van der Waals surface area (Å²) in [5.41, 5.74) is 4.55. The summed E-state index contributed by atoms with van der Waals surface area (Å²) in [7, 11) is 0. The first-order valence-corrected chi connectivity index (χ1v) is 12.4. The van der Waals surface area contributed by atoms with Crippen LogP contribution in [-0.2, 0) is 16.6 Å². The highest BCUT2D eigenvalue weighted by Gasteiger charge is 2.43. The summed E-state index contributed by atoms with van der Waals surface area (Å²) in [5, 5.41) is 3.28. The molecule has 2 aromatic carbocycles. The van der Waals surface area contributed by atoms with Crippen molar-refractivity contribution >= 4 is 5.91 Å². The van der Waals surface area contributed by atoms with Gasteiger partial charge in [-0.15, -0.1) is 0 Å². The molecule has 1 N–H and O–H groups in total. The summed E-state index contributed by atoms with van der Waals surface area (Å²) in [4.78, 5) is 16.1. The number of nitrogens with zero attached hydrogens (tertiary/aromatic N) is 1. The van der Waals surface area contributed by atoms with Crippen LogP contribution in [0.25, 0.3) is 0 Å². The SMILES string of the molecule is C=C(C1CCCCC1)N1CCC(C(=O)NCCc2ccc(C)cc2)(c2ccccc2)CC1. The van der Waals surface area contributed by atoms with Crippen LogP contribution < -0.4 is 5.32 Å². The number of likely N-dealkylation sites (tertiary alicyclic amines) is 1. The molecule has 0 bridgehead atoms. The molecule has 0 unspecified atom stereocenters. The molecule has 0 atom stereocenters. The zero-order valence-electron chi connectivity index (χ0n) is 19.6. The lowest BCUT2D eigenvalue weighted by Gasteiger charge is -2.44. The Labute approximate surface area is 193 Å². The summed E-state index contributed by atoms with van der Waals surface area (Å²) in [6.07, 6.45) is 9.13. The fourth-order valence-electron chi connectivity index (χ4n) is 5.52. The maximum absolute atomic E-state index is 13.6. The lowest BCUT2D eigenvalue weighted by Crippen LogP contribution is -2.52. The van der Waals surface area contributed by atoms with Gasteiger partial charge in [0.1, 0.15) is 0 Å². The molecule has 0 spiro atoms. The summed E-state index contributed by atoms with van der Waals surface area (Å²) >= 11 is 0. The number of rotatable bonds is 7. The fraction of sp³-hybridized carbons (Fsp3) is 0.483. The van der Waals surface area contributed by atoms with E-state index in [1.54, 1.807) is 0 Å². The van der Waals surface area contributed by atoms with Crippen molar-refractivity contribution in [3.8, 4) is 0 Å². The monoisotopic (exact) mass is 430 g/mol. The molecule has 2 aliphatic rings. The highest BCUT2D eigenvalue weighted by molar-refractivity contribution is 5.88. The quantitative estimate of drug-likeness (QED) is 0.604. The fourth-order valence-corrected chi connectivity index (χ4v) is 5.52. The van der Waals surface area contributed by atoms with Crippen LogP contribution in [0.5, 0.6) is 0 Å². The van der Waals surface area contributed by atoms with Crippen molar-refractivity contribution in [1.82, 2.24) is 10.2 Å². The molecule has 170 valence electrons. The molecule has 2 aromatic rings. The van der Waals surface area contributed by atoms with Gasteiger partial charge in [-0.2, -0.15) is 0 Å². The second-order valence-corrected chi connectivity index (χ2v) is 9.75. The number of benzene rings is 2. The van der Waals surface area contributed by atoms with Crippen molar-refractivity contribution in [1.29, 1.82) is 0 Å². The molecule has 2 fully saturated rings. The standard InChI is InChI=1S/C29H38N2O/c1-23-13-15-25(16-14-23)17-20-30-28(32)29(27-11-7-4-8-12-27)18-21-31(22-19-29)24(2)26-9-5-3-6-10-26/h4,7-8,11-16,26H,2-3,5-6,9-10,17-22H2,1H3,(H,30,32). The number of allylic oxidation sites excluding steroid dienone is 1. The Morgan fingerprint density at radius 3 is 2.31 bits per heavy atom. The average Bonchev–Trinajstić information content (AvgIpc) is 2.86. The zero-order chi connectivity index (χ0) is 22.4. The van der Waals surface area contributed by atoms with Crippen molar-refractivity contribution < 1.29 is 4.79 Å². The molecule has 1 saturated heterocycles. The van der Waals surface area contributed by atoms with Crippen LogP contribution in [0, 0.1) is 12.8 Å². The molecule has 0 aromatic heterocycles. The third-order valence-corrected chi connectivity index (χ3v) is 7.68. The van der Waals surface area contributed by atoms with E-state index >= 15 is 0 Å². The lowest BCUT2D eigenvalue weighted by atomic mass is 9.71. The number of hydrogen-bond acceptors (Lipinski definition) is 2. The molecule has 3 heteroatoms. The van der Waals surface area contributed by atoms with E-state index in [1.165, 1.54) is 48.9 Å². The number of piperidine rings is 1. The molecule has 32 heavy (non-hydrogen) atoms. The largest absolute Gasteiger partial charge is 0.375 e. The molecule has 1 amide bonds. The van der Waals surface area contributed by atoms with Crippen LogP contribution in [0.3, 0.4) is 0 Å². The number of carbonyl (C=O) groups excluding carboxylic acids is 1. The molecule has 3 nitrogen and oxygen atoms in total. The second-order valence-electron chi connectivity index (χ2n) is 9.75. The van der Waals surface area contributed by atoms with E-state index in [4.69, 9.17) is 0 Å². The minimum absolute atomic E-state index is 0.179. The van der Waals surface area contributed by atoms with Crippen LogP contribution in [-0.4, -0.2) is 30.4 Å². The minimum atomic E-state index is -0.447. The summed E-state index contributed by atoms with van der Waals surface area (Å²) < 4.78 is 0. The normalized spacial score (nSPS) is 18.8. The van der Waals surface area contributed by atoms with Crippen molar-refractivity contribution in [2.24, 2.45) is 5.92 Å². The molecular weight excluding hydrogens is 392 g/mol. The predicted octanol–water partition coefficient (Wildman–Crippen LogP) is 5.78. The summed E-state index contributed by atoms with van der Waals surface area (Å²) in [5.74, 6) is 0.815. The lowest BCUT2D eigenvalue weighted by molar-refractivity contribution is -0.128. The van der Waals surface area contributed by atoms with Crippen LogP contribution in [0.1, 0.15) is 61.6 Å². The van der Waals surface area contributed by atoms with E-state index in [1.807, 2.05) is 6.07 Å². The Balaban J connectivity index is 1.42. The first-order chi connectivity index (χ1) is 15.6. The highest BCUT2D eigenvalue weighted by atomic mass is 16.2. The average molecular weight is 431 g/mol. The Morgan fingerprint density at radius 1 is 1.00 bits per heavy atom. The zero-order valence-corrected chi connectivity index (χ0v) is 19.6. The van der Waals surface area contributed by atoms with Gasteiger partial charge >= 0.3 is 0 Å². The number of carbonyl (C=O) groups is 1. The molecule has 1 aliphatic carbocycles. The van der Waals surface area contributed by atoms with Gasteiger partial charge in [0.05, 0.1) is 5.41 Å².